The second kappa shape index (κ2) is 8.01. The van der Waals surface area contributed by atoms with Crippen molar-refractivity contribution in [1.29, 1.82) is 0 Å². The molecule has 0 saturated heterocycles. The van der Waals surface area contributed by atoms with Crippen LogP contribution in [-0.2, 0) is 16.0 Å². The van der Waals surface area contributed by atoms with E-state index in [1.807, 2.05) is 6.07 Å². The smallest absolute Gasteiger partial charge is 0.244 e. The molecule has 0 saturated carbocycles. The summed E-state index contributed by atoms with van der Waals surface area (Å²) in [5.74, 6) is -2.93. The van der Waals surface area contributed by atoms with Crippen LogP contribution in [0.4, 0.5) is 8.78 Å². The lowest BCUT2D eigenvalue weighted by Crippen LogP contribution is -2.45. The predicted octanol–water partition coefficient (Wildman–Crippen LogP) is 2.19. The Morgan fingerprint density at radius 3 is 2.25 bits per heavy atom. The molecule has 124 valence electrons. The van der Waals surface area contributed by atoms with Gasteiger partial charge < -0.3 is 11.1 Å². The zero-order valence-electron chi connectivity index (χ0n) is 12.7. The number of hydrogen-bond acceptors (Lipinski definition) is 2. The third-order valence-electron chi connectivity index (χ3n) is 3.34. The molecule has 0 aliphatic rings. The van der Waals surface area contributed by atoms with E-state index in [2.05, 4.69) is 5.32 Å². The van der Waals surface area contributed by atoms with Crippen molar-refractivity contribution < 1.29 is 18.4 Å². The van der Waals surface area contributed by atoms with Crippen LogP contribution in [0.1, 0.15) is 11.1 Å². The molecular weight excluding hydrogens is 314 g/mol. The number of hydrogen-bond donors (Lipinski definition) is 2. The Bertz CT molecular complexity index is 741. The fourth-order valence-electron chi connectivity index (χ4n) is 2.12. The number of nitrogens with one attached hydrogen (secondary N) is 1. The average molecular weight is 330 g/mol. The van der Waals surface area contributed by atoms with E-state index in [1.165, 1.54) is 6.07 Å². The zero-order chi connectivity index (χ0) is 17.5. The Labute approximate surface area is 138 Å². The predicted molar refractivity (Wildman–Crippen MR) is 86.7 cm³/mol. The number of carbonyl (C=O) groups excluding carboxylic acids is 2. The number of primary amides is 1. The number of carbonyl (C=O) groups is 2. The van der Waals surface area contributed by atoms with Gasteiger partial charge in [0, 0.05) is 18.1 Å². The van der Waals surface area contributed by atoms with Crippen molar-refractivity contribution >= 4 is 17.9 Å². The first-order valence-corrected chi connectivity index (χ1v) is 7.23. The van der Waals surface area contributed by atoms with Gasteiger partial charge >= 0.3 is 0 Å². The fourth-order valence-corrected chi connectivity index (χ4v) is 2.12. The summed E-state index contributed by atoms with van der Waals surface area (Å²) < 4.78 is 27.0. The number of halogens is 2. The van der Waals surface area contributed by atoms with Crippen LogP contribution in [-0.4, -0.2) is 17.9 Å². The van der Waals surface area contributed by atoms with Crippen molar-refractivity contribution in [2.45, 2.75) is 12.5 Å². The van der Waals surface area contributed by atoms with Gasteiger partial charge in [0.15, 0.2) is 0 Å². The lowest BCUT2D eigenvalue weighted by atomic mass is 10.1. The summed E-state index contributed by atoms with van der Waals surface area (Å²) in [6.45, 7) is 0. The van der Waals surface area contributed by atoms with Crippen molar-refractivity contribution in [1.82, 2.24) is 5.32 Å². The molecule has 0 spiro atoms. The first kappa shape index (κ1) is 17.3. The molecular formula is C18H16F2N2O2. The first-order chi connectivity index (χ1) is 11.5. The lowest BCUT2D eigenvalue weighted by molar-refractivity contribution is -0.124. The van der Waals surface area contributed by atoms with Crippen LogP contribution in [0, 0.1) is 11.6 Å². The standard InChI is InChI=1S/C18H16F2N2O2/c19-14-7-4-8-15(20)13(14)9-10-17(23)22-16(18(21)24)11-12-5-2-1-3-6-12/h1-10,16H,11H2,(H2,21,24)(H,22,23)/b10-9-/t16-/m0/s1. The number of benzene rings is 2. The van der Waals surface area contributed by atoms with Gasteiger partial charge in [-0.2, -0.15) is 0 Å². The molecule has 24 heavy (non-hydrogen) atoms. The summed E-state index contributed by atoms with van der Waals surface area (Å²) in [5.41, 5.74) is 5.79. The van der Waals surface area contributed by atoms with E-state index >= 15 is 0 Å². The molecule has 2 rings (SSSR count). The molecule has 0 unspecified atom stereocenters. The van der Waals surface area contributed by atoms with Gasteiger partial charge in [-0.05, 0) is 23.8 Å². The Hall–Kier alpha value is -3.02. The van der Waals surface area contributed by atoms with E-state index < -0.39 is 29.5 Å². The Balaban J connectivity index is 2.06. The highest BCUT2D eigenvalue weighted by Crippen LogP contribution is 2.13. The maximum atomic E-state index is 13.5. The van der Waals surface area contributed by atoms with Crippen LogP contribution < -0.4 is 11.1 Å². The number of amides is 2. The van der Waals surface area contributed by atoms with Gasteiger partial charge in [0.1, 0.15) is 17.7 Å². The largest absolute Gasteiger partial charge is 0.368 e. The first-order valence-electron chi connectivity index (χ1n) is 7.23. The van der Waals surface area contributed by atoms with Crippen LogP contribution in [0.5, 0.6) is 0 Å². The fraction of sp³-hybridized carbons (Fsp3) is 0.111. The molecule has 0 aliphatic carbocycles. The molecule has 0 heterocycles. The number of nitrogens with two attached hydrogens (primary N) is 1. The minimum absolute atomic E-state index is 0.226. The van der Waals surface area contributed by atoms with Gasteiger partial charge in [-0.1, -0.05) is 36.4 Å². The topological polar surface area (TPSA) is 72.2 Å². The second-order valence-corrected chi connectivity index (χ2v) is 5.12. The van der Waals surface area contributed by atoms with E-state index in [0.717, 1.165) is 29.8 Å². The highest BCUT2D eigenvalue weighted by Gasteiger charge is 2.17. The summed E-state index contributed by atoms with van der Waals surface area (Å²) in [6.07, 6.45) is 2.20. The second-order valence-electron chi connectivity index (χ2n) is 5.12. The number of rotatable bonds is 6. The zero-order valence-corrected chi connectivity index (χ0v) is 12.7. The van der Waals surface area contributed by atoms with E-state index in [0.29, 0.717) is 0 Å². The molecule has 2 aromatic carbocycles. The Morgan fingerprint density at radius 2 is 1.67 bits per heavy atom. The SMILES string of the molecule is NC(=O)[C@H](Cc1ccccc1)NC(=O)/C=C\c1c(F)cccc1F. The van der Waals surface area contributed by atoms with Crippen LogP contribution in [0.2, 0.25) is 0 Å². The van der Waals surface area contributed by atoms with Crippen LogP contribution in [0.15, 0.2) is 54.6 Å². The molecule has 0 fully saturated rings. The molecule has 3 N–H and O–H groups in total. The highest BCUT2D eigenvalue weighted by molar-refractivity contribution is 5.95. The molecule has 6 heteroatoms. The lowest BCUT2D eigenvalue weighted by Gasteiger charge is -2.14. The van der Waals surface area contributed by atoms with E-state index in [-0.39, 0.29) is 12.0 Å². The van der Waals surface area contributed by atoms with Crippen molar-refractivity contribution in [2.24, 2.45) is 5.73 Å². The molecule has 0 aliphatic heterocycles. The maximum absolute atomic E-state index is 13.5. The Morgan fingerprint density at radius 1 is 1.04 bits per heavy atom. The summed E-state index contributed by atoms with van der Waals surface area (Å²) in [6, 6.07) is 11.5. The molecule has 0 bridgehead atoms. The normalized spacial score (nSPS) is 12.1. The van der Waals surface area contributed by atoms with Gasteiger partial charge in [-0.3, -0.25) is 9.59 Å². The van der Waals surface area contributed by atoms with Crippen LogP contribution >= 0.6 is 0 Å². The van der Waals surface area contributed by atoms with Crippen molar-refractivity contribution in [2.75, 3.05) is 0 Å². The third kappa shape index (κ3) is 4.74. The van der Waals surface area contributed by atoms with Crippen molar-refractivity contribution in [3.05, 3.63) is 77.4 Å². The van der Waals surface area contributed by atoms with Gasteiger partial charge in [0.25, 0.3) is 0 Å². The monoisotopic (exact) mass is 330 g/mol. The van der Waals surface area contributed by atoms with E-state index in [4.69, 9.17) is 5.73 Å². The van der Waals surface area contributed by atoms with E-state index in [1.54, 1.807) is 24.3 Å². The van der Waals surface area contributed by atoms with Gasteiger partial charge in [-0.25, -0.2) is 8.78 Å². The quantitative estimate of drug-likeness (QED) is 0.797. The van der Waals surface area contributed by atoms with Gasteiger partial charge in [-0.15, -0.1) is 0 Å². The van der Waals surface area contributed by atoms with Gasteiger partial charge in [0.2, 0.25) is 11.8 Å². The minimum Gasteiger partial charge on any atom is -0.368 e. The molecule has 0 aromatic heterocycles. The highest BCUT2D eigenvalue weighted by atomic mass is 19.1. The molecule has 1 atom stereocenters. The molecule has 0 radical (unpaired) electrons. The summed E-state index contributed by atoms with van der Waals surface area (Å²) in [4.78, 5) is 23.4. The third-order valence-corrected chi connectivity index (χ3v) is 3.34. The van der Waals surface area contributed by atoms with E-state index in [9.17, 15) is 18.4 Å². The van der Waals surface area contributed by atoms with Gasteiger partial charge in [0.05, 0.1) is 0 Å². The van der Waals surface area contributed by atoms with Crippen molar-refractivity contribution in [3.63, 3.8) is 0 Å². The average Bonchev–Trinajstić information content (AvgIpc) is 2.54. The Kier molecular flexibility index (Phi) is 5.78. The maximum Gasteiger partial charge on any atom is 0.244 e. The van der Waals surface area contributed by atoms with Crippen LogP contribution in [0.3, 0.4) is 0 Å². The summed E-state index contributed by atoms with van der Waals surface area (Å²) >= 11 is 0. The minimum atomic E-state index is -0.921. The summed E-state index contributed by atoms with van der Waals surface area (Å²) in [5, 5.41) is 2.43. The molecule has 2 aromatic rings. The van der Waals surface area contributed by atoms with Crippen molar-refractivity contribution in [3.8, 4) is 0 Å². The molecule has 2 amide bonds. The molecule has 4 nitrogen and oxygen atoms in total. The summed E-state index contributed by atoms with van der Waals surface area (Å²) in [7, 11) is 0. The van der Waals surface area contributed by atoms with Crippen LogP contribution in [0.25, 0.3) is 6.08 Å².